The molecule has 3 aliphatic heterocycles. The topological polar surface area (TPSA) is 123 Å². The zero-order valence-electron chi connectivity index (χ0n) is 22.6. The van der Waals surface area contributed by atoms with Crippen molar-refractivity contribution in [1.29, 1.82) is 0 Å². The van der Waals surface area contributed by atoms with Crippen LogP contribution in [0.4, 0.5) is 23.4 Å². The van der Waals surface area contributed by atoms with E-state index in [1.807, 2.05) is 43.9 Å². The lowest BCUT2D eigenvalue weighted by molar-refractivity contribution is -0.0586. The van der Waals surface area contributed by atoms with Crippen molar-refractivity contribution >= 4 is 29.3 Å². The number of benzene rings is 1. The van der Waals surface area contributed by atoms with Crippen LogP contribution in [0.2, 0.25) is 0 Å². The minimum atomic E-state index is 0.0279. The summed E-state index contributed by atoms with van der Waals surface area (Å²) >= 11 is 0. The van der Waals surface area contributed by atoms with Gasteiger partial charge < -0.3 is 29.9 Å². The smallest absolute Gasteiger partial charge is 0.254 e. The number of rotatable bonds is 4. The summed E-state index contributed by atoms with van der Waals surface area (Å²) in [5.41, 5.74) is 11.2. The summed E-state index contributed by atoms with van der Waals surface area (Å²) in [7, 11) is 0. The minimum absolute atomic E-state index is 0.0279. The van der Waals surface area contributed by atoms with Crippen molar-refractivity contribution < 1.29 is 14.3 Å². The number of fused-ring (bicyclic) bond motifs is 1. The second-order valence-electron chi connectivity index (χ2n) is 10.5. The van der Waals surface area contributed by atoms with Gasteiger partial charge in [0.05, 0.1) is 31.1 Å². The maximum Gasteiger partial charge on any atom is 0.254 e. The van der Waals surface area contributed by atoms with Crippen LogP contribution in [0.3, 0.4) is 0 Å². The monoisotopic (exact) mass is 530 g/mol. The van der Waals surface area contributed by atoms with Crippen molar-refractivity contribution in [3.63, 3.8) is 0 Å². The number of carbonyl (C=O) groups excluding carboxylic acids is 1. The highest BCUT2D eigenvalue weighted by molar-refractivity contribution is 5.95. The quantitative estimate of drug-likeness (QED) is 0.538. The number of nitrogens with zero attached hydrogens (tertiary/aromatic N) is 7. The van der Waals surface area contributed by atoms with Crippen LogP contribution in [-0.2, 0) is 15.9 Å². The molecule has 5 heterocycles. The molecule has 1 amide bonds. The summed E-state index contributed by atoms with van der Waals surface area (Å²) in [5.74, 6) is 1.80. The van der Waals surface area contributed by atoms with Gasteiger partial charge in [0.25, 0.3) is 5.91 Å². The molecular formula is C28H34N8O3. The van der Waals surface area contributed by atoms with Gasteiger partial charge in [-0.05, 0) is 51.0 Å². The highest BCUT2D eigenvalue weighted by Gasteiger charge is 2.31. The number of nitrogens with two attached hydrogens (primary N) is 1. The molecule has 11 heteroatoms. The molecule has 0 aliphatic carbocycles. The average Bonchev–Trinajstić information content (AvgIpc) is 3.36. The van der Waals surface area contributed by atoms with Crippen LogP contribution >= 0.6 is 0 Å². The zero-order valence-corrected chi connectivity index (χ0v) is 22.6. The van der Waals surface area contributed by atoms with E-state index in [0.29, 0.717) is 37.8 Å². The molecule has 0 bridgehead atoms. The van der Waals surface area contributed by atoms with Crippen molar-refractivity contribution in [2.75, 3.05) is 61.5 Å². The normalized spacial score (nSPS) is 21.3. The second kappa shape index (κ2) is 10.4. The summed E-state index contributed by atoms with van der Waals surface area (Å²) in [5, 5.41) is 0. The van der Waals surface area contributed by atoms with Gasteiger partial charge in [-0.15, -0.1) is 0 Å². The summed E-state index contributed by atoms with van der Waals surface area (Å²) in [6, 6.07) is 5.94. The summed E-state index contributed by atoms with van der Waals surface area (Å²) in [4.78, 5) is 38.0. The number of anilines is 4. The van der Waals surface area contributed by atoms with E-state index in [9.17, 15) is 4.79 Å². The molecule has 3 aromatic rings. The van der Waals surface area contributed by atoms with Crippen LogP contribution in [0.5, 0.6) is 0 Å². The SMILES string of the molecule is Cc1cc(C(=O)N2C[C@@H](C)O[C@@H](C)C2)ccc1N1CCc2c(-c3cnc(N)nc3)nc(N3CCOCC3)nc21. The highest BCUT2D eigenvalue weighted by atomic mass is 16.5. The number of carbonyl (C=O) groups is 1. The van der Waals surface area contributed by atoms with Crippen LogP contribution in [0.25, 0.3) is 11.3 Å². The molecular weight excluding hydrogens is 496 g/mol. The first-order valence-corrected chi connectivity index (χ1v) is 13.5. The van der Waals surface area contributed by atoms with E-state index >= 15 is 0 Å². The average molecular weight is 531 g/mol. The number of hydrogen-bond acceptors (Lipinski definition) is 10. The number of aromatic nitrogens is 4. The molecule has 0 spiro atoms. The Labute approximate surface area is 228 Å². The Kier molecular flexibility index (Phi) is 6.78. The fourth-order valence-corrected chi connectivity index (χ4v) is 5.70. The highest BCUT2D eigenvalue weighted by Crippen LogP contribution is 2.40. The summed E-state index contributed by atoms with van der Waals surface area (Å²) in [6.07, 6.45) is 4.27. The van der Waals surface area contributed by atoms with Crippen LogP contribution in [0.15, 0.2) is 30.6 Å². The maximum atomic E-state index is 13.3. The van der Waals surface area contributed by atoms with Crippen molar-refractivity contribution in [1.82, 2.24) is 24.8 Å². The Morgan fingerprint density at radius 2 is 1.74 bits per heavy atom. The molecule has 6 rings (SSSR count). The third-order valence-corrected chi connectivity index (χ3v) is 7.50. The predicted molar refractivity (Wildman–Crippen MR) is 148 cm³/mol. The van der Waals surface area contributed by atoms with E-state index in [4.69, 9.17) is 25.2 Å². The molecule has 1 aromatic carbocycles. The van der Waals surface area contributed by atoms with Gasteiger partial charge in [0.2, 0.25) is 11.9 Å². The van der Waals surface area contributed by atoms with Gasteiger partial charge in [-0.3, -0.25) is 4.79 Å². The van der Waals surface area contributed by atoms with E-state index in [2.05, 4.69) is 19.8 Å². The Hall–Kier alpha value is -3.83. The van der Waals surface area contributed by atoms with E-state index in [0.717, 1.165) is 59.9 Å². The first kappa shape index (κ1) is 25.4. The lowest BCUT2D eigenvalue weighted by Crippen LogP contribution is -2.48. The second-order valence-corrected chi connectivity index (χ2v) is 10.5. The Balaban J connectivity index is 1.35. The van der Waals surface area contributed by atoms with E-state index in [1.54, 1.807) is 12.4 Å². The molecule has 39 heavy (non-hydrogen) atoms. The minimum Gasteiger partial charge on any atom is -0.378 e. The standard InChI is InChI=1S/C28H34N8O3/c1-17-12-20(26(37)35-15-18(2)39-19(3)16-35)4-5-23(17)36-7-6-22-24(21-13-30-27(29)31-14-21)32-28(33-25(22)36)34-8-10-38-11-9-34/h4-5,12-14,18-19H,6-11,15-16H2,1-3H3,(H2,29,30,31)/t18-,19+. The third kappa shape index (κ3) is 4.99. The fourth-order valence-electron chi connectivity index (χ4n) is 5.70. The molecule has 2 fully saturated rings. The maximum absolute atomic E-state index is 13.3. The lowest BCUT2D eigenvalue weighted by Gasteiger charge is -2.35. The molecule has 0 radical (unpaired) electrons. The molecule has 2 saturated heterocycles. The zero-order chi connectivity index (χ0) is 27.1. The van der Waals surface area contributed by atoms with E-state index in [1.165, 1.54) is 0 Å². The van der Waals surface area contributed by atoms with Gasteiger partial charge in [0.15, 0.2) is 0 Å². The van der Waals surface area contributed by atoms with Crippen LogP contribution in [0.1, 0.15) is 35.3 Å². The first-order valence-electron chi connectivity index (χ1n) is 13.5. The van der Waals surface area contributed by atoms with E-state index in [-0.39, 0.29) is 24.1 Å². The predicted octanol–water partition coefficient (Wildman–Crippen LogP) is 2.60. The molecule has 11 nitrogen and oxygen atoms in total. The van der Waals surface area contributed by atoms with E-state index < -0.39 is 0 Å². The molecule has 2 atom stereocenters. The lowest BCUT2D eigenvalue weighted by atomic mass is 10.1. The van der Waals surface area contributed by atoms with Gasteiger partial charge in [-0.1, -0.05) is 0 Å². The van der Waals surface area contributed by atoms with Crippen LogP contribution in [-0.4, -0.2) is 88.9 Å². The summed E-state index contributed by atoms with van der Waals surface area (Å²) < 4.78 is 11.4. The van der Waals surface area contributed by atoms with Crippen molar-refractivity contribution in [3.8, 4) is 11.3 Å². The molecule has 0 saturated carbocycles. The molecule has 2 N–H and O–H groups in total. The van der Waals surface area contributed by atoms with Crippen molar-refractivity contribution in [2.45, 2.75) is 39.4 Å². The number of hydrogen-bond donors (Lipinski definition) is 1. The van der Waals surface area contributed by atoms with Gasteiger partial charge in [-0.2, -0.15) is 4.98 Å². The Morgan fingerprint density at radius 1 is 1.03 bits per heavy atom. The molecule has 0 unspecified atom stereocenters. The number of amides is 1. The Morgan fingerprint density at radius 3 is 2.44 bits per heavy atom. The largest absolute Gasteiger partial charge is 0.378 e. The van der Waals surface area contributed by atoms with Gasteiger partial charge in [-0.25, -0.2) is 15.0 Å². The van der Waals surface area contributed by atoms with Gasteiger partial charge in [0.1, 0.15) is 5.82 Å². The number of ether oxygens (including phenoxy) is 2. The van der Waals surface area contributed by atoms with Crippen LogP contribution < -0.4 is 15.5 Å². The molecule has 204 valence electrons. The van der Waals surface area contributed by atoms with Crippen molar-refractivity contribution in [3.05, 3.63) is 47.3 Å². The summed E-state index contributed by atoms with van der Waals surface area (Å²) in [6.45, 7) is 10.7. The third-order valence-electron chi connectivity index (χ3n) is 7.50. The number of aryl methyl sites for hydroxylation is 1. The van der Waals surface area contributed by atoms with Gasteiger partial charge in [0, 0.05) is 67.5 Å². The number of nitrogen functional groups attached to an aromatic ring is 1. The first-order chi connectivity index (χ1) is 18.9. The molecule has 3 aliphatic rings. The number of morpholine rings is 2. The molecule has 2 aromatic heterocycles. The fraction of sp³-hybridized carbons (Fsp3) is 0.464. The Bertz CT molecular complexity index is 1370. The van der Waals surface area contributed by atoms with Gasteiger partial charge >= 0.3 is 0 Å². The van der Waals surface area contributed by atoms with Crippen LogP contribution in [0, 0.1) is 6.92 Å². The van der Waals surface area contributed by atoms with Crippen molar-refractivity contribution in [2.24, 2.45) is 0 Å².